The molecule has 0 atom stereocenters. The summed E-state index contributed by atoms with van der Waals surface area (Å²) in [5.41, 5.74) is 4.62. The van der Waals surface area contributed by atoms with Gasteiger partial charge in [-0.15, -0.1) is 11.8 Å². The van der Waals surface area contributed by atoms with Crippen molar-refractivity contribution < 1.29 is 4.79 Å². The van der Waals surface area contributed by atoms with Gasteiger partial charge in [0, 0.05) is 30.4 Å². The van der Waals surface area contributed by atoms with Crippen LogP contribution in [-0.4, -0.2) is 28.0 Å². The maximum absolute atomic E-state index is 12.5. The maximum Gasteiger partial charge on any atom is 0.237 e. The van der Waals surface area contributed by atoms with E-state index in [1.807, 2.05) is 40.0 Å². The minimum Gasteiger partial charge on any atom is -0.311 e. The standard InChI is InChI=1S/C20H19N3OS/c24-20(22-13-10-17-4-1-2-5-19(17)22)15-25-14-16-6-8-18(9-7-16)23-12-3-11-21-23/h1-9,11-12H,10,13-15H2. The SMILES string of the molecule is O=C(CSCc1ccc(-n2cccn2)cc1)N1CCc2ccccc21. The minimum absolute atomic E-state index is 0.197. The number of carbonyl (C=O) groups is 1. The van der Waals surface area contributed by atoms with Crippen LogP contribution in [0.5, 0.6) is 0 Å². The fourth-order valence-corrected chi connectivity index (χ4v) is 3.96. The summed E-state index contributed by atoms with van der Waals surface area (Å²) in [6.45, 7) is 0.803. The molecule has 1 amide bonds. The molecule has 3 aromatic rings. The lowest BCUT2D eigenvalue weighted by molar-refractivity contribution is -0.116. The number of aromatic nitrogens is 2. The highest BCUT2D eigenvalue weighted by molar-refractivity contribution is 7.99. The van der Waals surface area contributed by atoms with Gasteiger partial charge in [0.2, 0.25) is 5.91 Å². The molecule has 0 saturated carbocycles. The molecule has 0 N–H and O–H groups in total. The summed E-state index contributed by atoms with van der Waals surface area (Å²) < 4.78 is 1.84. The summed E-state index contributed by atoms with van der Waals surface area (Å²) in [5.74, 6) is 1.54. The molecule has 0 fully saturated rings. The largest absolute Gasteiger partial charge is 0.311 e. The molecule has 4 nitrogen and oxygen atoms in total. The zero-order valence-electron chi connectivity index (χ0n) is 13.8. The van der Waals surface area contributed by atoms with Gasteiger partial charge in [0.15, 0.2) is 0 Å². The van der Waals surface area contributed by atoms with Crippen LogP contribution in [0.25, 0.3) is 5.69 Å². The van der Waals surface area contributed by atoms with Gasteiger partial charge in [-0.3, -0.25) is 4.79 Å². The third-order valence-corrected chi connectivity index (χ3v) is 5.38. The van der Waals surface area contributed by atoms with Gasteiger partial charge in [0.05, 0.1) is 11.4 Å². The fraction of sp³-hybridized carbons (Fsp3) is 0.200. The molecule has 0 spiro atoms. The minimum atomic E-state index is 0.197. The first kappa shape index (κ1) is 16.0. The molecule has 0 bridgehead atoms. The van der Waals surface area contributed by atoms with E-state index >= 15 is 0 Å². The topological polar surface area (TPSA) is 38.1 Å². The van der Waals surface area contributed by atoms with E-state index in [1.165, 1.54) is 11.1 Å². The van der Waals surface area contributed by atoms with Gasteiger partial charge >= 0.3 is 0 Å². The maximum atomic E-state index is 12.5. The Balaban J connectivity index is 1.31. The number of para-hydroxylation sites is 1. The fourth-order valence-electron chi connectivity index (χ4n) is 3.10. The van der Waals surface area contributed by atoms with Gasteiger partial charge in [-0.05, 0) is 41.8 Å². The molecule has 1 aromatic heterocycles. The van der Waals surface area contributed by atoms with E-state index in [0.717, 1.165) is 30.1 Å². The van der Waals surface area contributed by atoms with Crippen molar-refractivity contribution in [3.63, 3.8) is 0 Å². The Morgan fingerprint density at radius 3 is 2.72 bits per heavy atom. The highest BCUT2D eigenvalue weighted by Gasteiger charge is 2.23. The Bertz CT molecular complexity index is 859. The third-order valence-electron chi connectivity index (χ3n) is 4.39. The number of hydrogen-bond acceptors (Lipinski definition) is 3. The molecule has 5 heteroatoms. The Morgan fingerprint density at radius 2 is 1.92 bits per heavy atom. The molecular weight excluding hydrogens is 330 g/mol. The van der Waals surface area contributed by atoms with Crippen LogP contribution in [0.2, 0.25) is 0 Å². The van der Waals surface area contributed by atoms with Crippen molar-refractivity contribution in [1.82, 2.24) is 9.78 Å². The molecule has 126 valence electrons. The first-order chi connectivity index (χ1) is 12.3. The quantitative estimate of drug-likeness (QED) is 0.705. The Kier molecular flexibility index (Phi) is 4.57. The second-order valence-corrected chi connectivity index (χ2v) is 7.02. The van der Waals surface area contributed by atoms with Crippen LogP contribution in [-0.2, 0) is 17.0 Å². The lowest BCUT2D eigenvalue weighted by Gasteiger charge is -2.17. The van der Waals surface area contributed by atoms with Gasteiger partial charge < -0.3 is 4.90 Å². The molecule has 4 rings (SSSR count). The number of rotatable bonds is 5. The van der Waals surface area contributed by atoms with Gasteiger partial charge in [0.25, 0.3) is 0 Å². The van der Waals surface area contributed by atoms with Crippen molar-refractivity contribution in [2.75, 3.05) is 17.2 Å². The molecule has 0 saturated heterocycles. The molecular formula is C20H19N3OS. The molecule has 1 aliphatic rings. The van der Waals surface area contributed by atoms with Crippen LogP contribution >= 0.6 is 11.8 Å². The highest BCUT2D eigenvalue weighted by Crippen LogP contribution is 2.28. The van der Waals surface area contributed by atoms with E-state index in [1.54, 1.807) is 18.0 Å². The number of benzene rings is 2. The number of nitrogens with zero attached hydrogens (tertiary/aromatic N) is 3. The number of anilines is 1. The summed E-state index contributed by atoms with van der Waals surface area (Å²) in [4.78, 5) is 14.4. The Hall–Kier alpha value is -2.53. The molecule has 0 unspecified atom stereocenters. The van der Waals surface area contributed by atoms with Crippen molar-refractivity contribution >= 4 is 23.4 Å². The van der Waals surface area contributed by atoms with Gasteiger partial charge in [-0.2, -0.15) is 5.10 Å². The Labute approximate surface area is 151 Å². The average molecular weight is 349 g/mol. The van der Waals surface area contributed by atoms with Crippen molar-refractivity contribution in [2.24, 2.45) is 0 Å². The van der Waals surface area contributed by atoms with Crippen LogP contribution in [0.4, 0.5) is 5.69 Å². The zero-order valence-corrected chi connectivity index (χ0v) is 14.7. The first-order valence-electron chi connectivity index (χ1n) is 8.36. The first-order valence-corrected chi connectivity index (χ1v) is 9.52. The number of fused-ring (bicyclic) bond motifs is 1. The molecule has 2 aromatic carbocycles. The van der Waals surface area contributed by atoms with E-state index in [4.69, 9.17) is 0 Å². The third kappa shape index (κ3) is 3.46. The van der Waals surface area contributed by atoms with Crippen molar-refractivity contribution in [2.45, 2.75) is 12.2 Å². The number of carbonyl (C=O) groups excluding carboxylic acids is 1. The molecule has 0 radical (unpaired) electrons. The predicted octanol–water partition coefficient (Wildman–Crippen LogP) is 3.69. The number of hydrogen-bond donors (Lipinski definition) is 0. The second kappa shape index (κ2) is 7.15. The average Bonchev–Trinajstić information content (AvgIpc) is 3.32. The Morgan fingerprint density at radius 1 is 1.08 bits per heavy atom. The summed E-state index contributed by atoms with van der Waals surface area (Å²) >= 11 is 1.67. The monoisotopic (exact) mass is 349 g/mol. The van der Waals surface area contributed by atoms with Crippen LogP contribution in [0.1, 0.15) is 11.1 Å². The lowest BCUT2D eigenvalue weighted by Crippen LogP contribution is -2.30. The zero-order chi connectivity index (χ0) is 17.1. The summed E-state index contributed by atoms with van der Waals surface area (Å²) in [6, 6.07) is 18.4. The lowest BCUT2D eigenvalue weighted by atomic mass is 10.2. The van der Waals surface area contributed by atoms with Crippen LogP contribution in [0.3, 0.4) is 0 Å². The van der Waals surface area contributed by atoms with E-state index in [2.05, 4.69) is 35.4 Å². The number of amides is 1. The summed E-state index contributed by atoms with van der Waals surface area (Å²) in [6.07, 6.45) is 4.66. The van der Waals surface area contributed by atoms with Gasteiger partial charge in [0.1, 0.15) is 0 Å². The van der Waals surface area contributed by atoms with Crippen LogP contribution in [0.15, 0.2) is 67.0 Å². The van der Waals surface area contributed by atoms with E-state index in [-0.39, 0.29) is 5.91 Å². The van der Waals surface area contributed by atoms with Crippen molar-refractivity contribution in [3.8, 4) is 5.69 Å². The van der Waals surface area contributed by atoms with E-state index in [9.17, 15) is 4.79 Å². The second-order valence-electron chi connectivity index (χ2n) is 6.03. The summed E-state index contributed by atoms with van der Waals surface area (Å²) in [7, 11) is 0. The highest BCUT2D eigenvalue weighted by atomic mass is 32.2. The van der Waals surface area contributed by atoms with E-state index < -0.39 is 0 Å². The molecule has 25 heavy (non-hydrogen) atoms. The summed E-state index contributed by atoms with van der Waals surface area (Å²) in [5, 5.41) is 4.23. The van der Waals surface area contributed by atoms with Crippen LogP contribution in [0, 0.1) is 0 Å². The molecule has 1 aliphatic heterocycles. The van der Waals surface area contributed by atoms with Crippen molar-refractivity contribution in [1.29, 1.82) is 0 Å². The van der Waals surface area contributed by atoms with Crippen molar-refractivity contribution in [3.05, 3.63) is 78.1 Å². The molecule has 2 heterocycles. The van der Waals surface area contributed by atoms with Gasteiger partial charge in [-0.25, -0.2) is 4.68 Å². The smallest absolute Gasteiger partial charge is 0.237 e. The number of thioether (sulfide) groups is 1. The molecule has 0 aliphatic carbocycles. The normalized spacial score (nSPS) is 13.0. The van der Waals surface area contributed by atoms with Crippen LogP contribution < -0.4 is 4.90 Å². The van der Waals surface area contributed by atoms with Gasteiger partial charge in [-0.1, -0.05) is 30.3 Å². The van der Waals surface area contributed by atoms with E-state index in [0.29, 0.717) is 5.75 Å². The predicted molar refractivity (Wildman–Crippen MR) is 102 cm³/mol.